The van der Waals surface area contributed by atoms with Crippen molar-refractivity contribution in [2.45, 2.75) is 18.0 Å². The number of nitrogens with one attached hydrogen (secondary N) is 1. The first-order valence-electron chi connectivity index (χ1n) is 9.50. The van der Waals surface area contributed by atoms with Gasteiger partial charge in [-0.3, -0.25) is 4.79 Å². The van der Waals surface area contributed by atoms with E-state index in [1.54, 1.807) is 0 Å². The first-order valence-corrected chi connectivity index (χ1v) is 10.5. The topological polar surface area (TPSA) is 54.9 Å². The quantitative estimate of drug-likeness (QED) is 0.449. The van der Waals surface area contributed by atoms with Crippen LogP contribution in [-0.4, -0.2) is 21.9 Å². The van der Waals surface area contributed by atoms with Gasteiger partial charge in [-0.1, -0.05) is 96.7 Å². The molecule has 0 aliphatic rings. The van der Waals surface area contributed by atoms with E-state index in [2.05, 4.69) is 15.5 Å². The third-order valence-electron chi connectivity index (χ3n) is 4.72. The Morgan fingerprint density at radius 1 is 0.862 bits per heavy atom. The molecule has 29 heavy (non-hydrogen) atoms. The summed E-state index contributed by atoms with van der Waals surface area (Å²) in [5.41, 5.74) is 2.97. The number of nitrogens with zero attached hydrogens (tertiary/aromatic N) is 2. The number of rotatable bonds is 6. The number of benzene rings is 3. The molecule has 1 atom stereocenters. The average Bonchev–Trinajstić information content (AvgIpc) is 2.78. The van der Waals surface area contributed by atoms with Gasteiger partial charge in [-0.2, -0.15) is 0 Å². The maximum Gasteiger partial charge on any atom is 0.230 e. The third kappa shape index (κ3) is 4.46. The molecule has 4 rings (SSSR count). The van der Waals surface area contributed by atoms with Gasteiger partial charge in [-0.15, -0.1) is 10.2 Å². The molecule has 5 heteroatoms. The summed E-state index contributed by atoms with van der Waals surface area (Å²) in [4.78, 5) is 12.4. The van der Waals surface area contributed by atoms with E-state index in [-0.39, 0.29) is 11.9 Å². The molecule has 0 aliphatic heterocycles. The van der Waals surface area contributed by atoms with E-state index in [4.69, 9.17) is 0 Å². The molecule has 1 N–H and O–H groups in total. The lowest BCUT2D eigenvalue weighted by Gasteiger charge is -2.14. The van der Waals surface area contributed by atoms with E-state index in [9.17, 15) is 4.79 Å². The second kappa shape index (κ2) is 8.88. The normalized spacial score (nSPS) is 11.9. The Balaban J connectivity index is 1.51. The molecule has 0 radical (unpaired) electrons. The summed E-state index contributed by atoms with van der Waals surface area (Å²) in [6, 6.07) is 28.0. The van der Waals surface area contributed by atoms with Crippen molar-refractivity contribution in [2.24, 2.45) is 0 Å². The summed E-state index contributed by atoms with van der Waals surface area (Å²) < 4.78 is 0. The molecule has 0 spiro atoms. The molecule has 0 unspecified atom stereocenters. The van der Waals surface area contributed by atoms with E-state index >= 15 is 0 Å². The fraction of sp³-hybridized carbons (Fsp3) is 0.125. The van der Waals surface area contributed by atoms with E-state index in [1.165, 1.54) is 11.8 Å². The largest absolute Gasteiger partial charge is 0.349 e. The Hall–Kier alpha value is -3.18. The second-order valence-corrected chi connectivity index (χ2v) is 7.72. The van der Waals surface area contributed by atoms with Crippen molar-refractivity contribution in [3.8, 4) is 11.3 Å². The van der Waals surface area contributed by atoms with Gasteiger partial charge in [0.1, 0.15) is 10.7 Å². The van der Waals surface area contributed by atoms with Crippen molar-refractivity contribution in [2.75, 3.05) is 5.75 Å². The van der Waals surface area contributed by atoms with Crippen LogP contribution in [0.4, 0.5) is 0 Å². The highest BCUT2D eigenvalue weighted by atomic mass is 32.2. The van der Waals surface area contributed by atoms with Crippen molar-refractivity contribution in [1.82, 2.24) is 15.5 Å². The Bertz CT molecular complexity index is 1120. The maximum atomic E-state index is 12.4. The molecule has 1 heterocycles. The lowest BCUT2D eigenvalue weighted by Crippen LogP contribution is -2.28. The van der Waals surface area contributed by atoms with Gasteiger partial charge in [-0.05, 0) is 12.5 Å². The Kier molecular flexibility index (Phi) is 5.86. The van der Waals surface area contributed by atoms with Crippen LogP contribution in [-0.2, 0) is 4.79 Å². The Morgan fingerprint density at radius 3 is 2.21 bits per heavy atom. The summed E-state index contributed by atoms with van der Waals surface area (Å²) in [5.74, 6) is 0.268. The zero-order valence-electron chi connectivity index (χ0n) is 16.1. The first-order chi connectivity index (χ1) is 14.2. The van der Waals surface area contributed by atoms with Crippen LogP contribution in [0.25, 0.3) is 22.0 Å². The monoisotopic (exact) mass is 399 g/mol. The lowest BCUT2D eigenvalue weighted by atomic mass is 10.1. The molecule has 144 valence electrons. The summed E-state index contributed by atoms with van der Waals surface area (Å²) in [5, 5.41) is 14.7. The summed E-state index contributed by atoms with van der Waals surface area (Å²) in [6.45, 7) is 1.99. The number of carbonyl (C=O) groups is 1. The van der Waals surface area contributed by atoms with Crippen molar-refractivity contribution in [1.29, 1.82) is 0 Å². The first kappa shape index (κ1) is 19.2. The van der Waals surface area contributed by atoms with Gasteiger partial charge in [0, 0.05) is 16.3 Å². The zero-order valence-corrected chi connectivity index (χ0v) is 16.9. The van der Waals surface area contributed by atoms with Gasteiger partial charge in [-0.25, -0.2) is 0 Å². The highest BCUT2D eigenvalue weighted by Crippen LogP contribution is 2.31. The van der Waals surface area contributed by atoms with Crippen molar-refractivity contribution < 1.29 is 4.79 Å². The van der Waals surface area contributed by atoms with Gasteiger partial charge in [0.25, 0.3) is 0 Å². The molecule has 0 aliphatic carbocycles. The Labute approximate surface area is 174 Å². The second-order valence-electron chi connectivity index (χ2n) is 6.75. The third-order valence-corrected chi connectivity index (χ3v) is 5.70. The SMILES string of the molecule is C[C@H](NC(=O)CSc1nnc(-c2ccccc2)c2ccccc12)c1ccccc1. The van der Waals surface area contributed by atoms with Gasteiger partial charge in [0.15, 0.2) is 0 Å². The van der Waals surface area contributed by atoms with Crippen LogP contribution in [0.15, 0.2) is 90.0 Å². The molecule has 0 saturated carbocycles. The molecular formula is C24H21N3OS. The number of aromatic nitrogens is 2. The minimum Gasteiger partial charge on any atom is -0.349 e. The number of thioether (sulfide) groups is 1. The molecule has 0 fully saturated rings. The molecule has 1 amide bonds. The fourth-order valence-corrected chi connectivity index (χ4v) is 4.02. The zero-order chi connectivity index (χ0) is 20.1. The number of hydrogen-bond acceptors (Lipinski definition) is 4. The minimum absolute atomic E-state index is 0.0237. The summed E-state index contributed by atoms with van der Waals surface area (Å²) >= 11 is 1.41. The van der Waals surface area contributed by atoms with Crippen molar-refractivity contribution >= 4 is 28.4 Å². The van der Waals surface area contributed by atoms with Gasteiger partial charge >= 0.3 is 0 Å². The minimum atomic E-state index is -0.0346. The predicted molar refractivity (Wildman–Crippen MR) is 119 cm³/mol. The van der Waals surface area contributed by atoms with Crippen LogP contribution < -0.4 is 5.32 Å². The highest BCUT2D eigenvalue weighted by molar-refractivity contribution is 8.00. The number of amides is 1. The lowest BCUT2D eigenvalue weighted by molar-refractivity contribution is -0.119. The van der Waals surface area contributed by atoms with Gasteiger partial charge in [0.05, 0.1) is 11.8 Å². The Morgan fingerprint density at radius 2 is 1.48 bits per heavy atom. The van der Waals surface area contributed by atoms with E-state index in [1.807, 2.05) is 91.9 Å². The molecule has 4 aromatic rings. The maximum absolute atomic E-state index is 12.4. The predicted octanol–water partition coefficient (Wildman–Crippen LogP) is 5.27. The summed E-state index contributed by atoms with van der Waals surface area (Å²) in [7, 11) is 0. The van der Waals surface area contributed by atoms with Crippen LogP contribution in [0, 0.1) is 0 Å². The van der Waals surface area contributed by atoms with Crippen LogP contribution in [0.3, 0.4) is 0 Å². The van der Waals surface area contributed by atoms with Crippen LogP contribution in [0.1, 0.15) is 18.5 Å². The standard InChI is InChI=1S/C24H21N3OS/c1-17(18-10-4-2-5-11-18)25-22(28)16-29-24-21-15-9-8-14-20(21)23(26-27-24)19-12-6-3-7-13-19/h2-15,17H,16H2,1H3,(H,25,28)/t17-/m0/s1. The van der Waals surface area contributed by atoms with Crippen molar-refractivity contribution in [3.63, 3.8) is 0 Å². The molecule has 1 aromatic heterocycles. The van der Waals surface area contributed by atoms with E-state index in [0.717, 1.165) is 32.6 Å². The highest BCUT2D eigenvalue weighted by Gasteiger charge is 2.14. The van der Waals surface area contributed by atoms with Crippen molar-refractivity contribution in [3.05, 3.63) is 90.5 Å². The molecule has 4 nitrogen and oxygen atoms in total. The number of carbonyl (C=O) groups excluding carboxylic acids is 1. The van der Waals surface area contributed by atoms with Gasteiger partial charge in [0.2, 0.25) is 5.91 Å². The van der Waals surface area contributed by atoms with E-state index < -0.39 is 0 Å². The average molecular weight is 400 g/mol. The molecule has 0 bridgehead atoms. The van der Waals surface area contributed by atoms with Gasteiger partial charge < -0.3 is 5.32 Å². The fourth-order valence-electron chi connectivity index (χ4n) is 3.24. The molecular weight excluding hydrogens is 378 g/mol. The number of hydrogen-bond donors (Lipinski definition) is 1. The summed E-state index contributed by atoms with van der Waals surface area (Å²) in [6.07, 6.45) is 0. The van der Waals surface area contributed by atoms with Crippen LogP contribution >= 0.6 is 11.8 Å². The van der Waals surface area contributed by atoms with Crippen LogP contribution in [0.5, 0.6) is 0 Å². The molecule has 0 saturated heterocycles. The smallest absolute Gasteiger partial charge is 0.230 e. The molecule has 3 aromatic carbocycles. The van der Waals surface area contributed by atoms with Crippen LogP contribution in [0.2, 0.25) is 0 Å². The number of fused-ring (bicyclic) bond motifs is 1. The van der Waals surface area contributed by atoms with E-state index in [0.29, 0.717) is 5.75 Å².